The van der Waals surface area contributed by atoms with Crippen LogP contribution in [0, 0.1) is 0 Å². The summed E-state index contributed by atoms with van der Waals surface area (Å²) in [6.45, 7) is 7.77. The van der Waals surface area contributed by atoms with Gasteiger partial charge in [-0.1, -0.05) is 22.6 Å². The quantitative estimate of drug-likeness (QED) is 0.483. The lowest BCUT2D eigenvalue weighted by Crippen LogP contribution is -2.27. The molecule has 1 aliphatic rings. The van der Waals surface area contributed by atoms with E-state index >= 15 is 0 Å². The smallest absolute Gasteiger partial charge is 0.268 e. The van der Waals surface area contributed by atoms with E-state index in [1.165, 1.54) is 9.60 Å². The van der Waals surface area contributed by atoms with Crippen LogP contribution in [0.15, 0.2) is 0 Å². The van der Waals surface area contributed by atoms with Gasteiger partial charge in [-0.05, 0) is 25.6 Å². The summed E-state index contributed by atoms with van der Waals surface area (Å²) in [7, 11) is 0. The number of alkyl halides is 1. The van der Waals surface area contributed by atoms with Gasteiger partial charge in [0.1, 0.15) is 0 Å². The van der Waals surface area contributed by atoms with Crippen LogP contribution in [0.1, 0.15) is 13.8 Å². The Labute approximate surface area is 92.3 Å². The molecule has 0 aromatic carbocycles. The van der Waals surface area contributed by atoms with E-state index in [1.807, 2.05) is 11.8 Å². The van der Waals surface area contributed by atoms with Gasteiger partial charge >= 0.3 is 5.17 Å². The predicted molar refractivity (Wildman–Crippen MR) is 64.6 cm³/mol. The summed E-state index contributed by atoms with van der Waals surface area (Å²) < 4.78 is 3.62. The van der Waals surface area contributed by atoms with Crippen LogP contribution in [-0.2, 0) is 0 Å². The summed E-state index contributed by atoms with van der Waals surface area (Å²) in [5.41, 5.74) is 0. The third-order valence-corrected chi connectivity index (χ3v) is 4.94. The Bertz CT molecular complexity index is 176. The maximum Gasteiger partial charge on any atom is 0.306 e. The molecule has 1 fully saturated rings. The zero-order valence-electron chi connectivity index (χ0n) is 7.64. The van der Waals surface area contributed by atoms with E-state index in [4.69, 9.17) is 0 Å². The van der Waals surface area contributed by atoms with Gasteiger partial charge in [-0.2, -0.15) is 0 Å². The molecular formula is C8H16IN2S+. The number of amidine groups is 1. The Kier molecular flexibility index (Phi) is 4.71. The second kappa shape index (κ2) is 5.32. The van der Waals surface area contributed by atoms with Crippen molar-refractivity contribution in [2.24, 2.45) is 0 Å². The molecule has 70 valence electrons. The average Bonchev–Trinajstić information content (AvgIpc) is 2.55. The Morgan fingerprint density at radius 1 is 1.58 bits per heavy atom. The number of nitrogens with one attached hydrogen (secondary N) is 1. The van der Waals surface area contributed by atoms with Crippen molar-refractivity contribution in [1.29, 1.82) is 0 Å². The van der Waals surface area contributed by atoms with Gasteiger partial charge in [0.15, 0.2) is 0 Å². The molecule has 1 heterocycles. The van der Waals surface area contributed by atoms with Gasteiger partial charge in [-0.15, -0.1) is 0 Å². The number of thioether (sulfide) groups is 1. The van der Waals surface area contributed by atoms with E-state index in [1.54, 1.807) is 0 Å². The molecule has 0 spiro atoms. The van der Waals surface area contributed by atoms with Crippen molar-refractivity contribution >= 4 is 39.5 Å². The fourth-order valence-electron chi connectivity index (χ4n) is 1.23. The SMILES string of the molecule is CC[N+](CC)=C1NCC(CI)S1. The standard InChI is InChI=1S/C8H15IN2S/c1-3-11(4-2)8-10-6-7(5-9)12-8/h7H,3-6H2,1-2H3/p+1. The van der Waals surface area contributed by atoms with E-state index < -0.39 is 0 Å². The molecule has 0 radical (unpaired) electrons. The van der Waals surface area contributed by atoms with Crippen LogP contribution in [0.3, 0.4) is 0 Å². The van der Waals surface area contributed by atoms with Gasteiger partial charge in [0.2, 0.25) is 0 Å². The molecule has 12 heavy (non-hydrogen) atoms. The van der Waals surface area contributed by atoms with E-state index in [-0.39, 0.29) is 0 Å². The highest BCUT2D eigenvalue weighted by Crippen LogP contribution is 2.19. The van der Waals surface area contributed by atoms with Gasteiger partial charge in [0.05, 0.1) is 24.9 Å². The first-order valence-electron chi connectivity index (χ1n) is 4.40. The molecule has 0 aliphatic carbocycles. The number of nitrogens with zero attached hydrogens (tertiary/aromatic N) is 1. The van der Waals surface area contributed by atoms with Gasteiger partial charge in [0, 0.05) is 4.43 Å². The van der Waals surface area contributed by atoms with E-state index in [2.05, 4.69) is 46.3 Å². The second-order valence-electron chi connectivity index (χ2n) is 2.75. The highest BCUT2D eigenvalue weighted by Gasteiger charge is 2.27. The van der Waals surface area contributed by atoms with Crippen LogP contribution in [-0.4, -0.2) is 39.1 Å². The van der Waals surface area contributed by atoms with Crippen molar-refractivity contribution in [3.05, 3.63) is 0 Å². The van der Waals surface area contributed by atoms with E-state index in [0.29, 0.717) is 0 Å². The van der Waals surface area contributed by atoms with Crippen molar-refractivity contribution in [2.45, 2.75) is 19.1 Å². The highest BCUT2D eigenvalue weighted by atomic mass is 127. The topological polar surface area (TPSA) is 15.0 Å². The van der Waals surface area contributed by atoms with Crippen molar-refractivity contribution in [3.8, 4) is 0 Å². The third-order valence-electron chi connectivity index (χ3n) is 1.98. The molecule has 1 saturated heterocycles. The largest absolute Gasteiger partial charge is 0.306 e. The lowest BCUT2D eigenvalue weighted by Gasteiger charge is -2.02. The highest BCUT2D eigenvalue weighted by molar-refractivity contribution is 14.1. The van der Waals surface area contributed by atoms with Crippen LogP contribution >= 0.6 is 34.4 Å². The Morgan fingerprint density at radius 2 is 2.25 bits per heavy atom. The van der Waals surface area contributed by atoms with Crippen molar-refractivity contribution in [3.63, 3.8) is 0 Å². The zero-order chi connectivity index (χ0) is 8.97. The fraction of sp³-hybridized carbons (Fsp3) is 0.875. The Hall–Kier alpha value is 0.550. The average molecular weight is 299 g/mol. The first-order valence-corrected chi connectivity index (χ1v) is 6.80. The van der Waals surface area contributed by atoms with Gasteiger partial charge < -0.3 is 0 Å². The lowest BCUT2D eigenvalue weighted by atomic mass is 10.5. The maximum atomic E-state index is 3.46. The molecule has 0 saturated carbocycles. The molecule has 1 aliphatic heterocycles. The second-order valence-corrected chi connectivity index (χ2v) is 4.92. The third kappa shape index (κ3) is 2.52. The van der Waals surface area contributed by atoms with Crippen LogP contribution < -0.4 is 5.32 Å². The number of hydrogen-bond acceptors (Lipinski definition) is 1. The molecule has 0 aromatic rings. The summed E-state index contributed by atoms with van der Waals surface area (Å²) in [5, 5.41) is 5.62. The molecule has 4 heteroatoms. The normalized spacial score (nSPS) is 22.6. The van der Waals surface area contributed by atoms with Crippen molar-refractivity contribution < 1.29 is 4.58 Å². The summed E-state index contributed by atoms with van der Waals surface area (Å²) >= 11 is 4.45. The van der Waals surface area contributed by atoms with Crippen LogP contribution in [0.5, 0.6) is 0 Å². The summed E-state index contributed by atoms with van der Waals surface area (Å²) in [6.07, 6.45) is 0. The minimum atomic E-state index is 0.779. The minimum absolute atomic E-state index is 0.779. The van der Waals surface area contributed by atoms with Gasteiger partial charge in [0.25, 0.3) is 0 Å². The molecular weight excluding hydrogens is 283 g/mol. The van der Waals surface area contributed by atoms with Crippen LogP contribution in [0.25, 0.3) is 0 Å². The lowest BCUT2D eigenvalue weighted by molar-refractivity contribution is -0.519. The monoisotopic (exact) mass is 299 g/mol. The molecule has 0 amide bonds. The van der Waals surface area contributed by atoms with Gasteiger partial charge in [-0.3, -0.25) is 9.89 Å². The van der Waals surface area contributed by atoms with Crippen LogP contribution in [0.4, 0.5) is 0 Å². The number of rotatable bonds is 3. The molecule has 0 aromatic heterocycles. The Balaban J connectivity index is 2.58. The Morgan fingerprint density at radius 3 is 2.67 bits per heavy atom. The number of halogens is 1. The number of hydrogen-bond donors (Lipinski definition) is 1. The first-order chi connectivity index (χ1) is 5.81. The summed E-state index contributed by atoms with van der Waals surface area (Å²) in [4.78, 5) is 0. The maximum absolute atomic E-state index is 3.46. The van der Waals surface area contributed by atoms with Crippen molar-refractivity contribution in [2.75, 3.05) is 24.1 Å². The first kappa shape index (κ1) is 10.6. The molecule has 1 unspecified atom stereocenters. The molecule has 0 bridgehead atoms. The van der Waals surface area contributed by atoms with Gasteiger partial charge in [-0.25, -0.2) is 0 Å². The summed E-state index contributed by atoms with van der Waals surface area (Å²) in [5.74, 6) is 0. The predicted octanol–water partition coefficient (Wildman–Crippen LogP) is 1.53. The zero-order valence-corrected chi connectivity index (χ0v) is 10.6. The fourth-order valence-corrected chi connectivity index (χ4v) is 3.20. The van der Waals surface area contributed by atoms with Crippen LogP contribution in [0.2, 0.25) is 0 Å². The molecule has 1 rings (SSSR count). The molecule has 2 nitrogen and oxygen atoms in total. The summed E-state index contributed by atoms with van der Waals surface area (Å²) in [6, 6.07) is 0. The van der Waals surface area contributed by atoms with E-state index in [9.17, 15) is 0 Å². The minimum Gasteiger partial charge on any atom is -0.268 e. The van der Waals surface area contributed by atoms with Crippen molar-refractivity contribution in [1.82, 2.24) is 5.32 Å². The van der Waals surface area contributed by atoms with E-state index in [0.717, 1.165) is 24.9 Å². The molecule has 1 N–H and O–H groups in total. The molecule has 1 atom stereocenters.